The minimum Gasteiger partial charge on any atom is -0.379 e. The summed E-state index contributed by atoms with van der Waals surface area (Å²) in [7, 11) is 3.95. The highest BCUT2D eigenvalue weighted by Crippen LogP contribution is 2.21. The van der Waals surface area contributed by atoms with Gasteiger partial charge in [0.15, 0.2) is 0 Å². The van der Waals surface area contributed by atoms with Crippen molar-refractivity contribution in [1.29, 1.82) is 0 Å². The van der Waals surface area contributed by atoms with Crippen LogP contribution in [0, 0.1) is 0 Å². The van der Waals surface area contributed by atoms with Gasteiger partial charge < -0.3 is 40.8 Å². The van der Waals surface area contributed by atoms with Gasteiger partial charge in [-0.15, -0.1) is 0 Å². The second-order valence-corrected chi connectivity index (χ2v) is 13.4. The highest BCUT2D eigenvalue weighted by molar-refractivity contribution is 5.89. The summed E-state index contributed by atoms with van der Waals surface area (Å²) in [4.78, 5) is 35.8. The van der Waals surface area contributed by atoms with Crippen LogP contribution in [-0.2, 0) is 48.2 Å². The molecule has 0 atom stereocenters. The summed E-state index contributed by atoms with van der Waals surface area (Å²) in [6.07, 6.45) is 7.07. The predicted octanol–water partition coefficient (Wildman–Crippen LogP) is 4.04. The van der Waals surface area contributed by atoms with Gasteiger partial charge in [-0.3, -0.25) is 14.4 Å². The van der Waals surface area contributed by atoms with Crippen LogP contribution in [0.3, 0.4) is 0 Å². The van der Waals surface area contributed by atoms with Crippen molar-refractivity contribution in [1.82, 2.24) is 26.6 Å². The first kappa shape index (κ1) is 43.7. The first-order valence-corrected chi connectivity index (χ1v) is 19.7. The van der Waals surface area contributed by atoms with Gasteiger partial charge in [0.2, 0.25) is 28.8 Å². The van der Waals surface area contributed by atoms with Crippen LogP contribution in [0.25, 0.3) is 21.8 Å². The number of aryl methyl sites for hydroxylation is 1. The van der Waals surface area contributed by atoms with Gasteiger partial charge in [0.05, 0.1) is 26.4 Å². The van der Waals surface area contributed by atoms with Crippen LogP contribution < -0.4 is 31.2 Å². The van der Waals surface area contributed by atoms with Crippen LogP contribution in [0.2, 0.25) is 0 Å². The molecule has 0 aliphatic heterocycles. The molecule has 3 rings (SSSR count). The lowest BCUT2D eigenvalue weighted by molar-refractivity contribution is -0.645. The van der Waals surface area contributed by atoms with Crippen molar-refractivity contribution >= 4 is 39.5 Å². The normalized spacial score (nSPS) is 11.3. The number of hydrogen-bond acceptors (Lipinski definition) is 8. The molecule has 294 valence electrons. The molecule has 0 saturated heterocycles. The average Bonchev–Trinajstić information content (AvgIpc) is 3.15. The molecule has 53 heavy (non-hydrogen) atoms. The van der Waals surface area contributed by atoms with Crippen molar-refractivity contribution in [3.05, 3.63) is 53.6 Å². The highest BCUT2D eigenvalue weighted by atomic mass is 16.5. The van der Waals surface area contributed by atoms with Crippen molar-refractivity contribution in [2.75, 3.05) is 73.4 Å². The molecule has 12 heteroatoms. The van der Waals surface area contributed by atoms with Crippen LogP contribution >= 0.6 is 0 Å². The zero-order valence-electron chi connectivity index (χ0n) is 32.5. The molecule has 3 amide bonds. The van der Waals surface area contributed by atoms with Gasteiger partial charge in [0.1, 0.15) is 6.54 Å². The summed E-state index contributed by atoms with van der Waals surface area (Å²) in [5.41, 5.74) is 5.03. The predicted molar refractivity (Wildman–Crippen MR) is 211 cm³/mol. The van der Waals surface area contributed by atoms with Crippen LogP contribution in [0.4, 0.5) is 0 Å². The molecule has 0 spiro atoms. The molecule has 0 aliphatic rings. The summed E-state index contributed by atoms with van der Waals surface area (Å²) in [6.45, 7) is 9.48. The number of aromatic nitrogens is 1. The Hall–Kier alpha value is -3.68. The molecular weight excluding hydrogens is 672 g/mol. The number of amides is 3. The molecule has 0 unspecified atom stereocenters. The lowest BCUT2D eigenvalue weighted by atomic mass is 10.0. The second kappa shape index (κ2) is 27.0. The lowest BCUT2D eigenvalue weighted by Gasteiger charge is -2.10. The van der Waals surface area contributed by atoms with E-state index in [9.17, 15) is 14.4 Å². The Labute approximate surface area is 316 Å². The minimum atomic E-state index is -0.0370. The smallest absolute Gasteiger partial charge is 0.220 e. The number of carbonyl (C=O) groups excluding carboxylic acids is 3. The maximum absolute atomic E-state index is 12.4. The van der Waals surface area contributed by atoms with Gasteiger partial charge in [0.25, 0.3) is 0 Å². The van der Waals surface area contributed by atoms with Gasteiger partial charge >= 0.3 is 0 Å². The molecular formula is C41H65N6O6+. The van der Waals surface area contributed by atoms with Gasteiger partial charge in [-0.1, -0.05) is 19.1 Å². The maximum atomic E-state index is 12.4. The van der Waals surface area contributed by atoms with Gasteiger partial charge in [0, 0.05) is 94.5 Å². The summed E-state index contributed by atoms with van der Waals surface area (Å²) >= 11 is 0. The summed E-state index contributed by atoms with van der Waals surface area (Å²) in [6, 6.07) is 15.7. The van der Waals surface area contributed by atoms with Gasteiger partial charge in [-0.05, 0) is 81.9 Å². The van der Waals surface area contributed by atoms with E-state index in [1.54, 1.807) is 0 Å². The standard InChI is InChI=1S/C41H64N6O6/c1-4-18-44-40(49)12-8-13-41(50)46-20-10-23-52-25-27-53-26-24-51-22-9-19-45-39(48)11-6-5-7-21-47-37-28-33(31-42-2)14-16-35(37)30-36-17-15-34(32-43-3)29-38(36)47/h14-17,28-30,42-43H,4-13,18-27,31-32H2,1-3H3,(H2-,44,45,46,48,49,50)/p+1. The van der Waals surface area contributed by atoms with E-state index in [0.29, 0.717) is 85.0 Å². The number of hydrogen-bond donors (Lipinski definition) is 5. The number of nitrogens with one attached hydrogen (secondary N) is 5. The van der Waals surface area contributed by atoms with E-state index in [-0.39, 0.29) is 17.7 Å². The van der Waals surface area contributed by atoms with E-state index in [1.807, 2.05) is 21.0 Å². The number of rotatable bonds is 30. The van der Waals surface area contributed by atoms with E-state index in [2.05, 4.69) is 73.6 Å². The number of unbranched alkanes of at least 4 members (excludes halogenated alkanes) is 2. The summed E-state index contributed by atoms with van der Waals surface area (Å²) < 4.78 is 19.2. The molecule has 5 N–H and O–H groups in total. The number of nitrogens with zero attached hydrogens (tertiary/aromatic N) is 1. The molecule has 0 saturated carbocycles. The largest absolute Gasteiger partial charge is 0.379 e. The molecule has 3 aromatic rings. The zero-order chi connectivity index (χ0) is 37.9. The fourth-order valence-electron chi connectivity index (χ4n) is 6.07. The van der Waals surface area contributed by atoms with Crippen LogP contribution in [0.15, 0.2) is 42.5 Å². The molecule has 1 aromatic heterocycles. The van der Waals surface area contributed by atoms with Crippen molar-refractivity contribution in [3.8, 4) is 0 Å². The summed E-state index contributed by atoms with van der Waals surface area (Å²) in [5.74, 6) is 0.0572. The van der Waals surface area contributed by atoms with Crippen molar-refractivity contribution in [2.24, 2.45) is 0 Å². The molecule has 1 heterocycles. The third-order valence-corrected chi connectivity index (χ3v) is 8.83. The topological polar surface area (TPSA) is 143 Å². The number of pyridine rings is 1. The number of benzene rings is 2. The van der Waals surface area contributed by atoms with Crippen molar-refractivity contribution in [3.63, 3.8) is 0 Å². The minimum absolute atomic E-state index is 0.000718. The van der Waals surface area contributed by atoms with E-state index < -0.39 is 0 Å². The van der Waals surface area contributed by atoms with E-state index in [0.717, 1.165) is 58.2 Å². The lowest BCUT2D eigenvalue weighted by Crippen LogP contribution is -2.36. The second-order valence-electron chi connectivity index (χ2n) is 13.4. The Morgan fingerprint density at radius 2 is 1.02 bits per heavy atom. The molecule has 12 nitrogen and oxygen atoms in total. The quantitative estimate of drug-likeness (QED) is 0.0392. The van der Waals surface area contributed by atoms with Crippen LogP contribution in [-0.4, -0.2) is 91.1 Å². The highest BCUT2D eigenvalue weighted by Gasteiger charge is 2.17. The third-order valence-electron chi connectivity index (χ3n) is 8.83. The fraction of sp³-hybridized carbons (Fsp3) is 0.610. The van der Waals surface area contributed by atoms with Gasteiger partial charge in [-0.25, -0.2) is 0 Å². The Kier molecular flexibility index (Phi) is 22.3. The molecule has 0 bridgehead atoms. The molecule has 0 radical (unpaired) electrons. The number of ether oxygens (including phenoxy) is 3. The fourth-order valence-corrected chi connectivity index (χ4v) is 6.07. The first-order chi connectivity index (χ1) is 25.9. The summed E-state index contributed by atoms with van der Waals surface area (Å²) in [5, 5.41) is 17.7. The van der Waals surface area contributed by atoms with Crippen LogP contribution in [0.5, 0.6) is 0 Å². The third kappa shape index (κ3) is 17.8. The Morgan fingerprint density at radius 3 is 1.51 bits per heavy atom. The SMILES string of the molecule is CCCNC(=O)CCCC(=O)NCCCOCCOCCOCCCNC(=O)CCCCC[n+]1c2cc(CNC)ccc2cc2ccc(CNC)cc21. The molecule has 0 aliphatic carbocycles. The van der Waals surface area contributed by atoms with E-state index in [1.165, 1.54) is 32.9 Å². The zero-order valence-corrected chi connectivity index (χ0v) is 32.5. The number of carbonyl (C=O) groups is 3. The monoisotopic (exact) mass is 737 g/mol. The Bertz CT molecular complexity index is 1460. The average molecular weight is 738 g/mol. The number of fused-ring (bicyclic) bond motifs is 2. The van der Waals surface area contributed by atoms with Crippen LogP contribution in [0.1, 0.15) is 82.3 Å². The van der Waals surface area contributed by atoms with Crippen molar-refractivity contribution < 1.29 is 33.2 Å². The maximum Gasteiger partial charge on any atom is 0.220 e. The van der Waals surface area contributed by atoms with Gasteiger partial charge in [-0.2, -0.15) is 4.57 Å². The van der Waals surface area contributed by atoms with Crippen molar-refractivity contribution in [2.45, 2.75) is 90.8 Å². The van der Waals surface area contributed by atoms with E-state index >= 15 is 0 Å². The molecule has 2 aromatic carbocycles. The Balaban J connectivity index is 1.17. The van der Waals surface area contributed by atoms with E-state index in [4.69, 9.17) is 14.2 Å². The Morgan fingerprint density at radius 1 is 0.547 bits per heavy atom. The molecule has 0 fully saturated rings. The first-order valence-electron chi connectivity index (χ1n) is 19.7.